The van der Waals surface area contributed by atoms with Crippen molar-refractivity contribution in [2.75, 3.05) is 19.7 Å². The van der Waals surface area contributed by atoms with Gasteiger partial charge in [-0.25, -0.2) is 0 Å². The van der Waals surface area contributed by atoms with E-state index in [-0.39, 0.29) is 18.1 Å². The van der Waals surface area contributed by atoms with Gasteiger partial charge in [0.05, 0.1) is 0 Å². The van der Waals surface area contributed by atoms with Gasteiger partial charge in [-0.1, -0.05) is 0 Å². The summed E-state index contributed by atoms with van der Waals surface area (Å²) in [7, 11) is 0. The fourth-order valence-electron chi connectivity index (χ4n) is 2.66. The van der Waals surface area contributed by atoms with E-state index in [1.54, 1.807) is 0 Å². The number of piperidine rings is 1. The van der Waals surface area contributed by atoms with Crippen LogP contribution < -0.4 is 5.73 Å². The molecule has 4 heteroatoms. The topological polar surface area (TPSA) is 55.6 Å². The molecule has 2 heterocycles. The zero-order valence-electron chi connectivity index (χ0n) is 9.86. The van der Waals surface area contributed by atoms with Crippen LogP contribution in [0, 0.1) is 0 Å². The third-order valence-electron chi connectivity index (χ3n) is 3.64. The number of likely N-dealkylation sites (tertiary alicyclic amines) is 1. The molecule has 0 aromatic rings. The van der Waals surface area contributed by atoms with Crippen molar-refractivity contribution < 1.29 is 9.53 Å². The molecule has 0 bridgehead atoms. The molecule has 0 spiro atoms. The average Bonchev–Trinajstić information content (AvgIpc) is 2.39. The Morgan fingerprint density at radius 3 is 2.75 bits per heavy atom. The molecule has 1 amide bonds. The standard InChI is InChI=1S/C12H22N2O2/c13-9-10-5-1-3-7-14(10)12(15)11-6-2-4-8-16-11/h10-11H,1-9,13H2. The summed E-state index contributed by atoms with van der Waals surface area (Å²) in [4.78, 5) is 14.2. The second-order valence-electron chi connectivity index (χ2n) is 4.77. The number of carbonyl (C=O) groups is 1. The van der Waals surface area contributed by atoms with Crippen molar-refractivity contribution in [3.8, 4) is 0 Å². The number of nitrogens with two attached hydrogens (primary N) is 1. The number of hydrogen-bond acceptors (Lipinski definition) is 3. The third-order valence-corrected chi connectivity index (χ3v) is 3.64. The van der Waals surface area contributed by atoms with Crippen LogP contribution in [0.4, 0.5) is 0 Å². The molecule has 0 saturated carbocycles. The summed E-state index contributed by atoms with van der Waals surface area (Å²) in [6.45, 7) is 2.18. The maximum absolute atomic E-state index is 12.3. The van der Waals surface area contributed by atoms with Gasteiger partial charge in [-0.3, -0.25) is 4.79 Å². The Bertz CT molecular complexity index is 239. The second kappa shape index (κ2) is 5.64. The van der Waals surface area contributed by atoms with Crippen LogP contribution >= 0.6 is 0 Å². The van der Waals surface area contributed by atoms with E-state index in [9.17, 15) is 4.79 Å². The van der Waals surface area contributed by atoms with Gasteiger partial charge >= 0.3 is 0 Å². The van der Waals surface area contributed by atoms with Crippen molar-refractivity contribution in [3.05, 3.63) is 0 Å². The molecule has 4 nitrogen and oxygen atoms in total. The van der Waals surface area contributed by atoms with Crippen molar-refractivity contribution >= 4 is 5.91 Å². The number of nitrogens with zero attached hydrogens (tertiary/aromatic N) is 1. The van der Waals surface area contributed by atoms with E-state index in [1.165, 1.54) is 6.42 Å². The molecule has 2 atom stereocenters. The van der Waals surface area contributed by atoms with Crippen LogP contribution in [0.25, 0.3) is 0 Å². The first kappa shape index (κ1) is 11.9. The quantitative estimate of drug-likeness (QED) is 0.761. The van der Waals surface area contributed by atoms with Gasteiger partial charge in [0.15, 0.2) is 0 Å². The van der Waals surface area contributed by atoms with E-state index >= 15 is 0 Å². The lowest BCUT2D eigenvalue weighted by molar-refractivity contribution is -0.150. The highest BCUT2D eigenvalue weighted by atomic mass is 16.5. The van der Waals surface area contributed by atoms with Crippen LogP contribution in [0.3, 0.4) is 0 Å². The molecule has 2 unspecified atom stereocenters. The number of carbonyl (C=O) groups excluding carboxylic acids is 1. The van der Waals surface area contributed by atoms with Gasteiger partial charge in [0, 0.05) is 25.7 Å². The fraction of sp³-hybridized carbons (Fsp3) is 0.917. The van der Waals surface area contributed by atoms with Crippen molar-refractivity contribution in [1.82, 2.24) is 4.90 Å². The minimum atomic E-state index is -0.194. The molecule has 2 fully saturated rings. The van der Waals surface area contributed by atoms with Crippen LogP contribution in [-0.2, 0) is 9.53 Å². The number of amides is 1. The lowest BCUT2D eigenvalue weighted by Gasteiger charge is -2.37. The van der Waals surface area contributed by atoms with Crippen molar-refractivity contribution in [3.63, 3.8) is 0 Å². The van der Waals surface area contributed by atoms with Crippen molar-refractivity contribution in [1.29, 1.82) is 0 Å². The zero-order valence-corrected chi connectivity index (χ0v) is 9.86. The van der Waals surface area contributed by atoms with Crippen molar-refractivity contribution in [2.45, 2.75) is 50.7 Å². The Balaban J connectivity index is 1.95. The van der Waals surface area contributed by atoms with Crippen LogP contribution in [0.5, 0.6) is 0 Å². The lowest BCUT2D eigenvalue weighted by atomic mass is 10.00. The van der Waals surface area contributed by atoms with Gasteiger partial charge in [0.25, 0.3) is 5.91 Å². The van der Waals surface area contributed by atoms with Crippen LogP contribution in [0.1, 0.15) is 38.5 Å². The highest BCUT2D eigenvalue weighted by Crippen LogP contribution is 2.21. The predicted octanol–water partition coefficient (Wildman–Crippen LogP) is 0.895. The minimum absolute atomic E-state index is 0.176. The van der Waals surface area contributed by atoms with E-state index in [1.807, 2.05) is 4.90 Å². The van der Waals surface area contributed by atoms with Crippen LogP contribution in [-0.4, -0.2) is 42.6 Å². The molecule has 0 aromatic heterocycles. The van der Waals surface area contributed by atoms with E-state index < -0.39 is 0 Å². The van der Waals surface area contributed by atoms with Crippen molar-refractivity contribution in [2.24, 2.45) is 5.73 Å². The molecule has 0 aliphatic carbocycles. The molecule has 2 aliphatic heterocycles. The van der Waals surface area contributed by atoms with E-state index in [0.717, 1.165) is 45.3 Å². The Kier molecular flexibility index (Phi) is 4.18. The zero-order chi connectivity index (χ0) is 11.4. The lowest BCUT2D eigenvalue weighted by Crippen LogP contribution is -2.52. The molecular formula is C12H22N2O2. The monoisotopic (exact) mass is 226 g/mol. The van der Waals surface area contributed by atoms with Crippen LogP contribution in [0.2, 0.25) is 0 Å². The summed E-state index contributed by atoms with van der Waals surface area (Å²) < 4.78 is 5.55. The molecule has 2 aliphatic rings. The Labute approximate surface area is 97.1 Å². The van der Waals surface area contributed by atoms with E-state index in [4.69, 9.17) is 10.5 Å². The summed E-state index contributed by atoms with van der Waals surface area (Å²) in [5, 5.41) is 0. The predicted molar refractivity (Wildman–Crippen MR) is 62.0 cm³/mol. The summed E-state index contributed by atoms with van der Waals surface area (Å²) in [5.41, 5.74) is 5.73. The van der Waals surface area contributed by atoms with E-state index in [0.29, 0.717) is 6.54 Å². The molecule has 92 valence electrons. The largest absolute Gasteiger partial charge is 0.368 e. The highest BCUT2D eigenvalue weighted by Gasteiger charge is 2.32. The van der Waals surface area contributed by atoms with E-state index in [2.05, 4.69) is 0 Å². The Hall–Kier alpha value is -0.610. The maximum Gasteiger partial charge on any atom is 0.251 e. The Morgan fingerprint density at radius 1 is 1.25 bits per heavy atom. The first-order chi connectivity index (χ1) is 7.83. The first-order valence-electron chi connectivity index (χ1n) is 6.45. The second-order valence-corrected chi connectivity index (χ2v) is 4.77. The molecule has 2 N–H and O–H groups in total. The van der Waals surface area contributed by atoms with Gasteiger partial charge in [0.2, 0.25) is 0 Å². The van der Waals surface area contributed by atoms with Gasteiger partial charge in [-0.2, -0.15) is 0 Å². The SMILES string of the molecule is NCC1CCCCN1C(=O)C1CCCCO1. The van der Waals surface area contributed by atoms with Gasteiger partial charge < -0.3 is 15.4 Å². The molecule has 16 heavy (non-hydrogen) atoms. The fourth-order valence-corrected chi connectivity index (χ4v) is 2.66. The summed E-state index contributed by atoms with van der Waals surface area (Å²) in [6, 6.07) is 0.242. The number of rotatable bonds is 2. The summed E-state index contributed by atoms with van der Waals surface area (Å²) in [5.74, 6) is 0.176. The molecule has 0 aromatic carbocycles. The normalized spacial score (nSPS) is 31.4. The van der Waals surface area contributed by atoms with Gasteiger partial charge in [-0.05, 0) is 38.5 Å². The molecular weight excluding hydrogens is 204 g/mol. The van der Waals surface area contributed by atoms with Gasteiger partial charge in [0.1, 0.15) is 6.10 Å². The first-order valence-corrected chi connectivity index (χ1v) is 6.45. The Morgan fingerprint density at radius 2 is 2.06 bits per heavy atom. The van der Waals surface area contributed by atoms with Crippen LogP contribution in [0.15, 0.2) is 0 Å². The molecule has 0 radical (unpaired) electrons. The third kappa shape index (κ3) is 2.55. The molecule has 2 saturated heterocycles. The number of hydrogen-bond donors (Lipinski definition) is 1. The minimum Gasteiger partial charge on any atom is -0.368 e. The highest BCUT2D eigenvalue weighted by molar-refractivity contribution is 5.81. The summed E-state index contributed by atoms with van der Waals surface area (Å²) >= 11 is 0. The average molecular weight is 226 g/mol. The number of ether oxygens (including phenoxy) is 1. The molecule has 2 rings (SSSR count). The van der Waals surface area contributed by atoms with Gasteiger partial charge in [-0.15, -0.1) is 0 Å². The maximum atomic E-state index is 12.3. The summed E-state index contributed by atoms with van der Waals surface area (Å²) in [6.07, 6.45) is 6.23. The smallest absolute Gasteiger partial charge is 0.251 e.